The molecule has 0 saturated heterocycles. The molecule has 0 aliphatic carbocycles. The third-order valence-corrected chi connectivity index (χ3v) is 3.44. The van der Waals surface area contributed by atoms with Crippen LogP contribution in [0, 0.1) is 0 Å². The summed E-state index contributed by atoms with van der Waals surface area (Å²) in [7, 11) is 0. The number of hydrogen-bond donors (Lipinski definition) is 2. The molecule has 2 N–H and O–H groups in total. The van der Waals surface area contributed by atoms with Crippen LogP contribution in [0.25, 0.3) is 0 Å². The Labute approximate surface area is 124 Å². The highest BCUT2D eigenvalue weighted by molar-refractivity contribution is 6.35. The average molecular weight is 319 g/mol. The van der Waals surface area contributed by atoms with Crippen LogP contribution in [0.4, 0.5) is 5.82 Å². The van der Waals surface area contributed by atoms with Crippen molar-refractivity contribution in [3.8, 4) is 0 Å². The van der Waals surface area contributed by atoms with Gasteiger partial charge in [0.15, 0.2) is 5.82 Å². The molecule has 100 valence electrons. The normalized spacial score (nSPS) is 10.5. The highest BCUT2D eigenvalue weighted by Gasteiger charge is 2.06. The summed E-state index contributed by atoms with van der Waals surface area (Å²) < 4.78 is 0. The fraction of sp³-hybridized carbons (Fsp3) is 0.167. The second-order valence-corrected chi connectivity index (χ2v) is 5.03. The van der Waals surface area contributed by atoms with Crippen LogP contribution in [0.5, 0.6) is 0 Å². The number of benzene rings is 1. The van der Waals surface area contributed by atoms with Crippen LogP contribution in [0.3, 0.4) is 0 Å². The minimum atomic E-state index is -0.372. The quantitative estimate of drug-likeness (QED) is 0.908. The summed E-state index contributed by atoms with van der Waals surface area (Å²) in [5, 5.41) is 4.24. The van der Waals surface area contributed by atoms with Gasteiger partial charge in [-0.05, 0) is 24.1 Å². The van der Waals surface area contributed by atoms with Crippen molar-refractivity contribution in [1.82, 2.24) is 9.97 Å². The van der Waals surface area contributed by atoms with Crippen LogP contribution >= 0.6 is 34.8 Å². The van der Waals surface area contributed by atoms with Crippen molar-refractivity contribution in [2.75, 3.05) is 11.9 Å². The van der Waals surface area contributed by atoms with E-state index in [9.17, 15) is 4.79 Å². The van der Waals surface area contributed by atoms with Gasteiger partial charge in [-0.2, -0.15) is 0 Å². The minimum absolute atomic E-state index is 0.0460. The molecule has 0 fully saturated rings. The lowest BCUT2D eigenvalue weighted by Crippen LogP contribution is -2.13. The Bertz CT molecular complexity index is 642. The Balaban J connectivity index is 2.00. The summed E-state index contributed by atoms with van der Waals surface area (Å²) in [5.74, 6) is 0.357. The van der Waals surface area contributed by atoms with Gasteiger partial charge in [-0.1, -0.05) is 40.9 Å². The lowest BCUT2D eigenvalue weighted by atomic mass is 10.1. The topological polar surface area (TPSA) is 57.8 Å². The van der Waals surface area contributed by atoms with Crippen molar-refractivity contribution < 1.29 is 0 Å². The summed E-state index contributed by atoms with van der Waals surface area (Å²) in [4.78, 5) is 17.6. The maximum Gasteiger partial charge on any atom is 0.271 e. The first-order chi connectivity index (χ1) is 9.08. The molecule has 0 aliphatic rings. The first-order valence-corrected chi connectivity index (χ1v) is 6.62. The molecular formula is C12H10Cl3N3O. The maximum absolute atomic E-state index is 11.3. The molecule has 1 aromatic heterocycles. The standard InChI is InChI=1S/C12H10Cl3N3O/c13-8-2-1-7(9(14)5-8)3-4-16-11-10(15)12(19)18-6-17-11/h1-2,5-6H,3-4H2,(H2,16,17,18,19). The predicted octanol–water partition coefficient (Wildman–Crippen LogP) is 3.38. The smallest absolute Gasteiger partial charge is 0.271 e. The molecule has 0 atom stereocenters. The van der Waals surface area contributed by atoms with E-state index in [1.165, 1.54) is 6.33 Å². The summed E-state index contributed by atoms with van der Waals surface area (Å²) in [5.41, 5.74) is 0.586. The minimum Gasteiger partial charge on any atom is -0.368 e. The van der Waals surface area contributed by atoms with Crippen molar-refractivity contribution in [3.05, 3.63) is 55.5 Å². The molecular weight excluding hydrogens is 309 g/mol. The predicted molar refractivity (Wildman–Crippen MR) is 78.5 cm³/mol. The SMILES string of the molecule is O=c1[nH]cnc(NCCc2ccc(Cl)cc2Cl)c1Cl. The van der Waals surface area contributed by atoms with Crippen LogP contribution in [0.2, 0.25) is 15.1 Å². The van der Waals surface area contributed by atoms with Crippen molar-refractivity contribution in [2.24, 2.45) is 0 Å². The van der Waals surface area contributed by atoms with E-state index < -0.39 is 0 Å². The summed E-state index contributed by atoms with van der Waals surface area (Å²) in [6.45, 7) is 0.553. The molecule has 2 aromatic rings. The van der Waals surface area contributed by atoms with Crippen LogP contribution in [-0.4, -0.2) is 16.5 Å². The number of aromatic nitrogens is 2. The third-order valence-electron chi connectivity index (χ3n) is 2.50. The molecule has 0 spiro atoms. The Morgan fingerprint density at radius 2 is 2.05 bits per heavy atom. The lowest BCUT2D eigenvalue weighted by molar-refractivity contribution is 0.994. The summed E-state index contributed by atoms with van der Waals surface area (Å²) in [6.07, 6.45) is 1.96. The van der Waals surface area contributed by atoms with E-state index in [4.69, 9.17) is 34.8 Å². The fourth-order valence-corrected chi connectivity index (χ4v) is 2.22. The van der Waals surface area contributed by atoms with Crippen molar-refractivity contribution in [1.29, 1.82) is 0 Å². The Morgan fingerprint density at radius 3 is 2.79 bits per heavy atom. The highest BCUT2D eigenvalue weighted by Crippen LogP contribution is 2.21. The zero-order chi connectivity index (χ0) is 13.8. The van der Waals surface area contributed by atoms with E-state index in [1.54, 1.807) is 12.1 Å². The van der Waals surface area contributed by atoms with Gasteiger partial charge in [0, 0.05) is 16.6 Å². The van der Waals surface area contributed by atoms with Crippen LogP contribution in [0.1, 0.15) is 5.56 Å². The summed E-state index contributed by atoms with van der Waals surface area (Å²) >= 11 is 17.7. The summed E-state index contributed by atoms with van der Waals surface area (Å²) in [6, 6.07) is 5.33. The molecule has 1 heterocycles. The Morgan fingerprint density at radius 1 is 1.26 bits per heavy atom. The van der Waals surface area contributed by atoms with Gasteiger partial charge in [0.25, 0.3) is 5.56 Å². The van der Waals surface area contributed by atoms with E-state index in [2.05, 4.69) is 15.3 Å². The molecule has 4 nitrogen and oxygen atoms in total. The zero-order valence-electron chi connectivity index (χ0n) is 9.71. The van der Waals surface area contributed by atoms with Gasteiger partial charge in [-0.25, -0.2) is 4.98 Å². The number of H-pyrrole nitrogens is 1. The van der Waals surface area contributed by atoms with Crippen LogP contribution < -0.4 is 10.9 Å². The molecule has 0 bridgehead atoms. The Kier molecular flexibility index (Phi) is 4.69. The van der Waals surface area contributed by atoms with Crippen LogP contribution in [0.15, 0.2) is 29.3 Å². The number of hydrogen-bond acceptors (Lipinski definition) is 3. The number of rotatable bonds is 4. The molecule has 0 aliphatic heterocycles. The molecule has 2 rings (SSSR count). The van der Waals surface area contributed by atoms with Gasteiger partial charge in [-0.3, -0.25) is 4.79 Å². The molecule has 0 saturated carbocycles. The number of halogens is 3. The molecule has 0 amide bonds. The van der Waals surface area contributed by atoms with Crippen molar-refractivity contribution >= 4 is 40.6 Å². The molecule has 1 aromatic carbocycles. The lowest BCUT2D eigenvalue weighted by Gasteiger charge is -2.08. The number of anilines is 1. The number of nitrogens with zero attached hydrogens (tertiary/aromatic N) is 1. The monoisotopic (exact) mass is 317 g/mol. The van der Waals surface area contributed by atoms with E-state index in [-0.39, 0.29) is 10.6 Å². The zero-order valence-corrected chi connectivity index (χ0v) is 12.0. The average Bonchev–Trinajstić information content (AvgIpc) is 2.37. The maximum atomic E-state index is 11.3. The largest absolute Gasteiger partial charge is 0.368 e. The highest BCUT2D eigenvalue weighted by atomic mass is 35.5. The van der Waals surface area contributed by atoms with E-state index in [0.717, 1.165) is 5.56 Å². The second-order valence-electron chi connectivity index (χ2n) is 3.81. The van der Waals surface area contributed by atoms with E-state index >= 15 is 0 Å². The van der Waals surface area contributed by atoms with Gasteiger partial charge in [-0.15, -0.1) is 0 Å². The van der Waals surface area contributed by atoms with E-state index in [1.807, 2.05) is 6.07 Å². The fourth-order valence-electron chi connectivity index (χ4n) is 1.55. The van der Waals surface area contributed by atoms with Gasteiger partial charge in [0.05, 0.1) is 6.33 Å². The second kappa shape index (κ2) is 6.28. The van der Waals surface area contributed by atoms with Gasteiger partial charge in [0.1, 0.15) is 5.02 Å². The third kappa shape index (κ3) is 3.62. The molecule has 0 unspecified atom stereocenters. The van der Waals surface area contributed by atoms with Gasteiger partial charge >= 0.3 is 0 Å². The van der Waals surface area contributed by atoms with Gasteiger partial charge < -0.3 is 10.3 Å². The first-order valence-electron chi connectivity index (χ1n) is 5.49. The van der Waals surface area contributed by atoms with Crippen molar-refractivity contribution in [3.63, 3.8) is 0 Å². The number of aromatic amines is 1. The molecule has 19 heavy (non-hydrogen) atoms. The Hall–Kier alpha value is -1.23. The van der Waals surface area contributed by atoms with Gasteiger partial charge in [0.2, 0.25) is 0 Å². The van der Waals surface area contributed by atoms with Crippen molar-refractivity contribution in [2.45, 2.75) is 6.42 Å². The molecule has 0 radical (unpaired) electrons. The van der Waals surface area contributed by atoms with Crippen LogP contribution in [-0.2, 0) is 6.42 Å². The van der Waals surface area contributed by atoms with E-state index in [0.29, 0.717) is 28.8 Å². The number of nitrogens with one attached hydrogen (secondary N) is 2. The molecule has 7 heteroatoms. The first kappa shape index (κ1) is 14.2.